The molecule has 1 amide bonds. The highest BCUT2D eigenvalue weighted by Crippen LogP contribution is 2.45. The fourth-order valence-corrected chi connectivity index (χ4v) is 4.56. The zero-order valence-corrected chi connectivity index (χ0v) is 14.0. The van der Waals surface area contributed by atoms with Crippen LogP contribution in [0.15, 0.2) is 4.90 Å². The maximum Gasteiger partial charge on any atom is 0.263 e. The van der Waals surface area contributed by atoms with E-state index in [0.29, 0.717) is 23.0 Å². The molecule has 2 heterocycles. The number of hydrogen-bond donors (Lipinski definition) is 2. The Bertz CT molecular complexity index is 487. The number of carbonyl (C=O) groups excluding carboxylic acids is 1. The molecule has 1 aromatic heterocycles. The standard InChI is InChI=1S/C14H23N3OS2/c1-4-6-16-13(18)11-10(15)12(19-3)14(20-11)17-7-5-9(2)8-17/h9H,4-8,15H2,1-3H3,(H,16,18). The quantitative estimate of drug-likeness (QED) is 0.820. The van der Waals surface area contributed by atoms with Gasteiger partial charge < -0.3 is 16.0 Å². The highest BCUT2D eigenvalue weighted by Gasteiger charge is 2.27. The first-order chi connectivity index (χ1) is 9.58. The first-order valence-electron chi connectivity index (χ1n) is 7.07. The Hall–Kier alpha value is -0.880. The Morgan fingerprint density at radius 3 is 2.90 bits per heavy atom. The van der Waals surface area contributed by atoms with Gasteiger partial charge in [0.25, 0.3) is 5.91 Å². The molecule has 20 heavy (non-hydrogen) atoms. The van der Waals surface area contributed by atoms with Gasteiger partial charge in [0.05, 0.1) is 10.6 Å². The number of anilines is 2. The number of rotatable bonds is 5. The monoisotopic (exact) mass is 313 g/mol. The molecule has 0 spiro atoms. The summed E-state index contributed by atoms with van der Waals surface area (Å²) in [5, 5.41) is 4.08. The van der Waals surface area contributed by atoms with Crippen LogP contribution in [0.4, 0.5) is 10.7 Å². The highest BCUT2D eigenvalue weighted by molar-refractivity contribution is 7.99. The molecule has 3 N–H and O–H groups in total. The summed E-state index contributed by atoms with van der Waals surface area (Å²) in [4.78, 5) is 16.3. The van der Waals surface area contributed by atoms with Crippen molar-refractivity contribution < 1.29 is 4.79 Å². The van der Waals surface area contributed by atoms with Gasteiger partial charge in [0.1, 0.15) is 9.88 Å². The smallest absolute Gasteiger partial charge is 0.263 e. The first kappa shape index (κ1) is 15.5. The van der Waals surface area contributed by atoms with Crippen LogP contribution in [0.2, 0.25) is 0 Å². The molecule has 1 unspecified atom stereocenters. The van der Waals surface area contributed by atoms with Crippen molar-refractivity contribution in [2.75, 3.05) is 36.5 Å². The van der Waals surface area contributed by atoms with Crippen LogP contribution in [0.5, 0.6) is 0 Å². The Labute approximate surface area is 129 Å². The lowest BCUT2D eigenvalue weighted by Crippen LogP contribution is -2.23. The van der Waals surface area contributed by atoms with Crippen molar-refractivity contribution in [3.8, 4) is 0 Å². The predicted molar refractivity (Wildman–Crippen MR) is 89.1 cm³/mol. The molecule has 1 fully saturated rings. The maximum absolute atomic E-state index is 12.2. The summed E-state index contributed by atoms with van der Waals surface area (Å²) in [5.41, 5.74) is 6.84. The van der Waals surface area contributed by atoms with Crippen molar-refractivity contribution in [3.63, 3.8) is 0 Å². The molecule has 0 aromatic carbocycles. The third-order valence-electron chi connectivity index (χ3n) is 3.54. The highest BCUT2D eigenvalue weighted by atomic mass is 32.2. The third kappa shape index (κ3) is 3.06. The van der Waals surface area contributed by atoms with E-state index < -0.39 is 0 Å². The zero-order valence-electron chi connectivity index (χ0n) is 12.4. The molecule has 1 saturated heterocycles. The van der Waals surface area contributed by atoms with E-state index in [1.54, 1.807) is 11.8 Å². The minimum atomic E-state index is -0.0388. The second-order valence-electron chi connectivity index (χ2n) is 5.28. The molecular weight excluding hydrogens is 290 g/mol. The van der Waals surface area contributed by atoms with Crippen LogP contribution in [0.25, 0.3) is 0 Å². The van der Waals surface area contributed by atoms with E-state index >= 15 is 0 Å². The van der Waals surface area contributed by atoms with E-state index in [-0.39, 0.29) is 5.91 Å². The largest absolute Gasteiger partial charge is 0.396 e. The average Bonchev–Trinajstić information content (AvgIpc) is 2.99. The van der Waals surface area contributed by atoms with Crippen molar-refractivity contribution in [2.45, 2.75) is 31.6 Å². The van der Waals surface area contributed by atoms with E-state index in [9.17, 15) is 4.79 Å². The van der Waals surface area contributed by atoms with Gasteiger partial charge >= 0.3 is 0 Å². The maximum atomic E-state index is 12.2. The molecule has 0 radical (unpaired) electrons. The average molecular weight is 313 g/mol. The van der Waals surface area contributed by atoms with Crippen molar-refractivity contribution in [2.24, 2.45) is 5.92 Å². The minimum absolute atomic E-state index is 0.0388. The van der Waals surface area contributed by atoms with E-state index in [0.717, 1.165) is 24.4 Å². The van der Waals surface area contributed by atoms with Crippen LogP contribution in [0.1, 0.15) is 36.4 Å². The van der Waals surface area contributed by atoms with Crippen molar-refractivity contribution in [3.05, 3.63) is 4.88 Å². The van der Waals surface area contributed by atoms with Crippen LogP contribution >= 0.6 is 23.1 Å². The van der Waals surface area contributed by atoms with Crippen LogP contribution in [0, 0.1) is 5.92 Å². The van der Waals surface area contributed by atoms with Gasteiger partial charge in [0.2, 0.25) is 0 Å². The summed E-state index contributed by atoms with van der Waals surface area (Å²) >= 11 is 3.17. The molecule has 1 aliphatic heterocycles. The second kappa shape index (κ2) is 6.72. The van der Waals surface area contributed by atoms with Gasteiger partial charge in [-0.2, -0.15) is 0 Å². The lowest BCUT2D eigenvalue weighted by atomic mass is 10.2. The molecule has 0 aliphatic carbocycles. The summed E-state index contributed by atoms with van der Waals surface area (Å²) in [6.07, 6.45) is 4.17. The predicted octanol–water partition coefficient (Wildman–Crippen LogP) is 3.04. The normalized spacial score (nSPS) is 18.6. The summed E-state index contributed by atoms with van der Waals surface area (Å²) in [5.74, 6) is 0.675. The van der Waals surface area contributed by atoms with Gasteiger partial charge in [0, 0.05) is 19.6 Å². The molecule has 6 heteroatoms. The topological polar surface area (TPSA) is 58.4 Å². The number of nitrogen functional groups attached to an aromatic ring is 1. The number of thioether (sulfide) groups is 1. The molecule has 1 aliphatic rings. The Balaban J connectivity index is 2.26. The lowest BCUT2D eigenvalue weighted by molar-refractivity contribution is 0.0958. The fraction of sp³-hybridized carbons (Fsp3) is 0.643. The summed E-state index contributed by atoms with van der Waals surface area (Å²) in [6.45, 7) is 7.13. The molecule has 112 valence electrons. The number of nitrogens with one attached hydrogen (secondary N) is 1. The molecule has 2 rings (SSSR count). The summed E-state index contributed by atoms with van der Waals surface area (Å²) in [6, 6.07) is 0. The molecule has 0 saturated carbocycles. The number of carbonyl (C=O) groups is 1. The number of thiophene rings is 1. The van der Waals surface area contributed by atoms with E-state index in [4.69, 9.17) is 5.73 Å². The van der Waals surface area contributed by atoms with Crippen molar-refractivity contribution >= 4 is 39.7 Å². The third-order valence-corrected chi connectivity index (χ3v) is 5.76. The number of hydrogen-bond acceptors (Lipinski definition) is 5. The Morgan fingerprint density at radius 1 is 1.60 bits per heavy atom. The minimum Gasteiger partial charge on any atom is -0.396 e. The fourth-order valence-electron chi connectivity index (χ4n) is 2.43. The van der Waals surface area contributed by atoms with Gasteiger partial charge in [-0.3, -0.25) is 4.79 Å². The molecule has 0 bridgehead atoms. The van der Waals surface area contributed by atoms with E-state index in [1.807, 2.05) is 13.2 Å². The van der Waals surface area contributed by atoms with Crippen LogP contribution in [0.3, 0.4) is 0 Å². The SMILES string of the molecule is CCCNC(=O)c1sc(N2CCC(C)C2)c(SC)c1N. The molecule has 1 aromatic rings. The van der Waals surface area contributed by atoms with Crippen LogP contribution in [-0.4, -0.2) is 31.8 Å². The van der Waals surface area contributed by atoms with Crippen LogP contribution in [-0.2, 0) is 0 Å². The Morgan fingerprint density at radius 2 is 2.35 bits per heavy atom. The summed E-state index contributed by atoms with van der Waals surface area (Å²) in [7, 11) is 0. The van der Waals surface area contributed by atoms with Gasteiger partial charge in [-0.05, 0) is 25.0 Å². The van der Waals surface area contributed by atoms with Crippen molar-refractivity contribution in [1.82, 2.24) is 5.32 Å². The molecule has 4 nitrogen and oxygen atoms in total. The van der Waals surface area contributed by atoms with Gasteiger partial charge in [-0.15, -0.1) is 23.1 Å². The number of nitrogens with two attached hydrogens (primary N) is 1. The molecule has 1 atom stereocenters. The number of nitrogens with zero attached hydrogens (tertiary/aromatic N) is 1. The van der Waals surface area contributed by atoms with Gasteiger partial charge in [-0.25, -0.2) is 0 Å². The van der Waals surface area contributed by atoms with E-state index in [1.165, 1.54) is 22.8 Å². The zero-order chi connectivity index (χ0) is 14.7. The van der Waals surface area contributed by atoms with Crippen LogP contribution < -0.4 is 16.0 Å². The van der Waals surface area contributed by atoms with Gasteiger partial charge in [-0.1, -0.05) is 13.8 Å². The summed E-state index contributed by atoms with van der Waals surface area (Å²) < 4.78 is 0. The van der Waals surface area contributed by atoms with Gasteiger partial charge in [0.15, 0.2) is 0 Å². The first-order valence-corrected chi connectivity index (χ1v) is 9.12. The second-order valence-corrected chi connectivity index (χ2v) is 7.09. The van der Waals surface area contributed by atoms with Crippen molar-refractivity contribution in [1.29, 1.82) is 0 Å². The van der Waals surface area contributed by atoms with E-state index in [2.05, 4.69) is 17.1 Å². The Kier molecular flexibility index (Phi) is 5.21. The number of amides is 1. The molecular formula is C14H23N3OS2. The lowest BCUT2D eigenvalue weighted by Gasteiger charge is -2.17.